The Hall–Kier alpha value is -1.38. The molecule has 1 atom stereocenters. The predicted molar refractivity (Wildman–Crippen MR) is 111 cm³/mol. The van der Waals surface area contributed by atoms with E-state index < -0.39 is 6.10 Å². The SMILES string of the molecule is COc1ccc(OCC(O)CN2CCC(O)CC2)c(CN(C)C2CCOCC2)c1. The van der Waals surface area contributed by atoms with Crippen molar-refractivity contribution in [1.82, 2.24) is 9.80 Å². The highest BCUT2D eigenvalue weighted by Crippen LogP contribution is 2.27. The highest BCUT2D eigenvalue weighted by atomic mass is 16.5. The van der Waals surface area contributed by atoms with Crippen molar-refractivity contribution in [3.05, 3.63) is 23.8 Å². The maximum atomic E-state index is 10.4. The van der Waals surface area contributed by atoms with Crippen LogP contribution in [0.3, 0.4) is 0 Å². The lowest BCUT2D eigenvalue weighted by atomic mass is 10.1. The molecule has 2 aliphatic rings. The van der Waals surface area contributed by atoms with E-state index in [1.165, 1.54) is 0 Å². The maximum Gasteiger partial charge on any atom is 0.124 e. The van der Waals surface area contributed by atoms with E-state index >= 15 is 0 Å². The van der Waals surface area contributed by atoms with Crippen LogP contribution >= 0.6 is 0 Å². The lowest BCUT2D eigenvalue weighted by Crippen LogP contribution is -2.41. The quantitative estimate of drug-likeness (QED) is 0.641. The molecule has 0 aliphatic carbocycles. The first-order chi connectivity index (χ1) is 14.0. The first kappa shape index (κ1) is 22.3. The summed E-state index contributed by atoms with van der Waals surface area (Å²) in [5.74, 6) is 1.60. The van der Waals surface area contributed by atoms with Crippen LogP contribution in [0, 0.1) is 0 Å². The second kappa shape index (κ2) is 11.1. The van der Waals surface area contributed by atoms with Gasteiger partial charge in [0.25, 0.3) is 0 Å². The Balaban J connectivity index is 1.56. The number of methoxy groups -OCH3 is 1. The molecule has 29 heavy (non-hydrogen) atoms. The first-order valence-corrected chi connectivity index (χ1v) is 10.7. The Bertz CT molecular complexity index is 615. The van der Waals surface area contributed by atoms with Crippen LogP contribution in [0.2, 0.25) is 0 Å². The molecule has 1 unspecified atom stereocenters. The largest absolute Gasteiger partial charge is 0.497 e. The van der Waals surface area contributed by atoms with Crippen molar-refractivity contribution in [1.29, 1.82) is 0 Å². The number of likely N-dealkylation sites (tertiary alicyclic amines) is 1. The van der Waals surface area contributed by atoms with Gasteiger partial charge in [-0.3, -0.25) is 4.90 Å². The summed E-state index contributed by atoms with van der Waals surface area (Å²) in [6, 6.07) is 6.34. The highest BCUT2D eigenvalue weighted by Gasteiger charge is 2.22. The van der Waals surface area contributed by atoms with Crippen LogP contribution in [0.5, 0.6) is 11.5 Å². The third kappa shape index (κ3) is 6.83. The number of nitrogens with zero attached hydrogens (tertiary/aromatic N) is 2. The predicted octanol–water partition coefficient (Wildman–Crippen LogP) is 1.50. The molecule has 0 aromatic heterocycles. The standard InChI is InChI=1S/C22H36N2O5/c1-23(18-7-11-28-12-8-18)14-17-13-21(27-2)3-4-22(17)29-16-20(26)15-24-9-5-19(25)6-10-24/h3-4,13,18-20,25-26H,5-12,14-16H2,1-2H3. The number of β-amino-alcohol motifs (C(OH)–C–C–N with tert-alkyl or cyclic N) is 1. The molecule has 0 saturated carbocycles. The molecule has 1 aromatic carbocycles. The van der Waals surface area contributed by atoms with Crippen molar-refractivity contribution >= 4 is 0 Å². The molecule has 0 amide bonds. The van der Waals surface area contributed by atoms with Crippen molar-refractivity contribution in [3.63, 3.8) is 0 Å². The highest BCUT2D eigenvalue weighted by molar-refractivity contribution is 5.40. The van der Waals surface area contributed by atoms with Gasteiger partial charge in [0, 0.05) is 51.0 Å². The van der Waals surface area contributed by atoms with Crippen LogP contribution in [0.25, 0.3) is 0 Å². The minimum Gasteiger partial charge on any atom is -0.497 e. The van der Waals surface area contributed by atoms with Gasteiger partial charge in [0.1, 0.15) is 24.2 Å². The van der Waals surface area contributed by atoms with E-state index in [-0.39, 0.29) is 12.7 Å². The molecule has 3 rings (SSSR count). The minimum atomic E-state index is -0.562. The average Bonchev–Trinajstić information content (AvgIpc) is 2.75. The summed E-state index contributed by atoms with van der Waals surface area (Å²) in [7, 11) is 3.81. The monoisotopic (exact) mass is 408 g/mol. The molecule has 2 heterocycles. The molecule has 2 fully saturated rings. The molecule has 2 N–H and O–H groups in total. The van der Waals surface area contributed by atoms with E-state index in [4.69, 9.17) is 14.2 Å². The van der Waals surface area contributed by atoms with Gasteiger partial charge < -0.3 is 29.3 Å². The minimum absolute atomic E-state index is 0.200. The number of rotatable bonds is 9. The van der Waals surface area contributed by atoms with E-state index in [1.54, 1.807) is 7.11 Å². The van der Waals surface area contributed by atoms with Gasteiger partial charge in [0.05, 0.1) is 13.2 Å². The van der Waals surface area contributed by atoms with Crippen molar-refractivity contribution in [2.24, 2.45) is 0 Å². The molecule has 7 heteroatoms. The summed E-state index contributed by atoms with van der Waals surface area (Å²) in [5, 5.41) is 20.0. The van der Waals surface area contributed by atoms with Crippen LogP contribution in [-0.4, -0.2) is 91.9 Å². The first-order valence-electron chi connectivity index (χ1n) is 10.7. The number of ether oxygens (including phenoxy) is 3. The maximum absolute atomic E-state index is 10.4. The number of benzene rings is 1. The molecule has 0 radical (unpaired) electrons. The zero-order valence-corrected chi connectivity index (χ0v) is 17.8. The zero-order valence-electron chi connectivity index (χ0n) is 17.8. The summed E-state index contributed by atoms with van der Waals surface area (Å²) >= 11 is 0. The summed E-state index contributed by atoms with van der Waals surface area (Å²) in [6.45, 7) is 4.85. The van der Waals surface area contributed by atoms with E-state index in [2.05, 4.69) is 16.8 Å². The lowest BCUT2D eigenvalue weighted by molar-refractivity contribution is 0.0325. The fraction of sp³-hybridized carbons (Fsp3) is 0.727. The Morgan fingerprint density at radius 1 is 1.21 bits per heavy atom. The van der Waals surface area contributed by atoms with Gasteiger partial charge in [-0.2, -0.15) is 0 Å². The molecule has 7 nitrogen and oxygen atoms in total. The Labute approximate surface area is 174 Å². The lowest BCUT2D eigenvalue weighted by Gasteiger charge is -2.32. The molecule has 2 aliphatic heterocycles. The van der Waals surface area contributed by atoms with Crippen LogP contribution in [0.4, 0.5) is 0 Å². The van der Waals surface area contributed by atoms with Gasteiger partial charge in [-0.05, 0) is 50.9 Å². The van der Waals surface area contributed by atoms with Crippen molar-refractivity contribution in [2.75, 3.05) is 53.6 Å². The third-order valence-electron chi connectivity index (χ3n) is 5.96. The smallest absolute Gasteiger partial charge is 0.124 e. The number of piperidine rings is 1. The normalized spacial score (nSPS) is 20.7. The van der Waals surface area contributed by atoms with Gasteiger partial charge >= 0.3 is 0 Å². The fourth-order valence-corrected chi connectivity index (χ4v) is 4.11. The Morgan fingerprint density at radius 3 is 2.62 bits per heavy atom. The van der Waals surface area contributed by atoms with Crippen LogP contribution in [0.15, 0.2) is 18.2 Å². The molecular weight excluding hydrogens is 372 g/mol. The van der Waals surface area contributed by atoms with Gasteiger partial charge in [-0.25, -0.2) is 0 Å². The summed E-state index contributed by atoms with van der Waals surface area (Å²) < 4.78 is 16.9. The number of aliphatic hydroxyl groups is 2. The molecule has 0 bridgehead atoms. The third-order valence-corrected chi connectivity index (χ3v) is 5.96. The molecule has 1 aromatic rings. The molecule has 164 valence electrons. The van der Waals surface area contributed by atoms with Gasteiger partial charge in [-0.15, -0.1) is 0 Å². The van der Waals surface area contributed by atoms with E-state index in [0.29, 0.717) is 12.6 Å². The van der Waals surface area contributed by atoms with Crippen LogP contribution in [0.1, 0.15) is 31.2 Å². The average molecular weight is 409 g/mol. The van der Waals surface area contributed by atoms with E-state index in [0.717, 1.165) is 75.6 Å². The van der Waals surface area contributed by atoms with Gasteiger partial charge in [-0.1, -0.05) is 0 Å². The number of aliphatic hydroxyl groups excluding tert-OH is 2. The number of hydrogen-bond acceptors (Lipinski definition) is 7. The van der Waals surface area contributed by atoms with Crippen LogP contribution < -0.4 is 9.47 Å². The van der Waals surface area contributed by atoms with Crippen molar-refractivity contribution in [2.45, 2.75) is 50.5 Å². The molecular formula is C22H36N2O5. The number of hydrogen-bond donors (Lipinski definition) is 2. The Kier molecular flexibility index (Phi) is 8.56. The van der Waals surface area contributed by atoms with Gasteiger partial charge in [0.15, 0.2) is 0 Å². The summed E-state index contributed by atoms with van der Waals surface area (Å²) in [4.78, 5) is 4.54. The van der Waals surface area contributed by atoms with Crippen molar-refractivity contribution in [3.8, 4) is 11.5 Å². The summed E-state index contributed by atoms with van der Waals surface area (Å²) in [5.41, 5.74) is 1.06. The van der Waals surface area contributed by atoms with Crippen molar-refractivity contribution < 1.29 is 24.4 Å². The summed E-state index contributed by atoms with van der Waals surface area (Å²) in [6.07, 6.45) is 2.87. The van der Waals surface area contributed by atoms with Gasteiger partial charge in [0.2, 0.25) is 0 Å². The zero-order chi connectivity index (χ0) is 20.6. The molecule has 0 spiro atoms. The molecule has 2 saturated heterocycles. The van der Waals surface area contributed by atoms with E-state index in [9.17, 15) is 10.2 Å². The van der Waals surface area contributed by atoms with Crippen LogP contribution in [-0.2, 0) is 11.3 Å². The second-order valence-electron chi connectivity index (χ2n) is 8.23. The Morgan fingerprint density at radius 2 is 1.93 bits per heavy atom. The van der Waals surface area contributed by atoms with E-state index in [1.807, 2.05) is 18.2 Å². The fourth-order valence-electron chi connectivity index (χ4n) is 4.11. The topological polar surface area (TPSA) is 74.6 Å². The second-order valence-corrected chi connectivity index (χ2v) is 8.23.